The first-order valence-electron chi connectivity index (χ1n) is 9.70. The number of amides is 4. The Kier molecular flexibility index (Phi) is 6.23. The van der Waals surface area contributed by atoms with Crippen molar-refractivity contribution < 1.29 is 19.2 Å². The summed E-state index contributed by atoms with van der Waals surface area (Å²) in [5.41, 5.74) is 0.799. The third-order valence-electron chi connectivity index (χ3n) is 5.14. The van der Waals surface area contributed by atoms with Gasteiger partial charge in [0.05, 0.1) is 23.1 Å². The van der Waals surface area contributed by atoms with E-state index in [-0.39, 0.29) is 48.4 Å². The van der Waals surface area contributed by atoms with E-state index in [0.717, 1.165) is 6.42 Å². The Morgan fingerprint density at radius 2 is 1.71 bits per heavy atom. The molecule has 1 aliphatic heterocycles. The van der Waals surface area contributed by atoms with Crippen molar-refractivity contribution >= 4 is 29.3 Å². The van der Waals surface area contributed by atoms with Gasteiger partial charge in [-0.3, -0.25) is 24.1 Å². The molecule has 7 nitrogen and oxygen atoms in total. The Morgan fingerprint density at radius 3 is 2.36 bits per heavy atom. The van der Waals surface area contributed by atoms with Crippen LogP contribution in [-0.2, 0) is 14.4 Å². The number of hydrogen-bond donors (Lipinski definition) is 2. The lowest BCUT2D eigenvalue weighted by molar-refractivity contribution is -0.140. The zero-order valence-corrected chi connectivity index (χ0v) is 15.9. The Labute approximate surface area is 164 Å². The highest BCUT2D eigenvalue weighted by Crippen LogP contribution is 2.35. The van der Waals surface area contributed by atoms with Crippen molar-refractivity contribution in [1.29, 1.82) is 0 Å². The fourth-order valence-corrected chi connectivity index (χ4v) is 3.64. The molecule has 1 heterocycles. The molecule has 1 fully saturated rings. The number of allylic oxidation sites excluding steroid dienone is 2. The molecule has 1 aromatic carbocycles. The van der Waals surface area contributed by atoms with Gasteiger partial charge in [0.25, 0.3) is 5.91 Å². The number of hydrogen-bond acceptors (Lipinski definition) is 4. The van der Waals surface area contributed by atoms with Crippen molar-refractivity contribution in [3.8, 4) is 0 Å². The molecule has 4 amide bonds. The molecule has 0 unspecified atom stereocenters. The highest BCUT2D eigenvalue weighted by Gasteiger charge is 2.46. The number of imide groups is 1. The van der Waals surface area contributed by atoms with E-state index in [1.54, 1.807) is 24.3 Å². The van der Waals surface area contributed by atoms with Crippen LogP contribution in [-0.4, -0.2) is 41.6 Å². The lowest BCUT2D eigenvalue weighted by Gasteiger charge is -2.15. The third-order valence-corrected chi connectivity index (χ3v) is 5.14. The predicted octanol–water partition coefficient (Wildman–Crippen LogP) is 2.11. The Balaban J connectivity index is 1.59. The second kappa shape index (κ2) is 8.82. The summed E-state index contributed by atoms with van der Waals surface area (Å²) >= 11 is 0. The quantitative estimate of drug-likeness (QED) is 0.557. The van der Waals surface area contributed by atoms with E-state index >= 15 is 0 Å². The minimum absolute atomic E-state index is 0.00470. The van der Waals surface area contributed by atoms with E-state index in [1.165, 1.54) is 4.90 Å². The van der Waals surface area contributed by atoms with Crippen LogP contribution in [0.25, 0.3) is 0 Å². The van der Waals surface area contributed by atoms with Crippen LogP contribution in [0.2, 0.25) is 0 Å². The van der Waals surface area contributed by atoms with Gasteiger partial charge in [-0.1, -0.05) is 31.2 Å². The number of nitrogens with one attached hydrogen (secondary N) is 2. The summed E-state index contributed by atoms with van der Waals surface area (Å²) in [5.74, 6) is -1.55. The minimum atomic E-state index is -0.343. The lowest BCUT2D eigenvalue weighted by atomic mass is 9.85. The summed E-state index contributed by atoms with van der Waals surface area (Å²) in [6, 6.07) is 6.77. The molecule has 1 saturated heterocycles. The Bertz CT molecular complexity index is 792. The van der Waals surface area contributed by atoms with Gasteiger partial charge in [-0.25, -0.2) is 0 Å². The standard InChI is InChI=1S/C21H25N3O4/c1-2-12-22-19(26)16-9-5-6-10-17(16)23-18(25)11-13-24-20(27)14-7-3-4-8-15(14)21(24)28/h3-6,9-10,14-15H,2,7-8,11-13H2,1H3,(H,22,26)(H,23,25)/t14-,15-/m1/s1. The van der Waals surface area contributed by atoms with Gasteiger partial charge in [0.1, 0.15) is 0 Å². The van der Waals surface area contributed by atoms with Crippen LogP contribution in [0.3, 0.4) is 0 Å². The van der Waals surface area contributed by atoms with Gasteiger partial charge in [-0.05, 0) is 31.4 Å². The van der Waals surface area contributed by atoms with Crippen molar-refractivity contribution in [3.63, 3.8) is 0 Å². The molecule has 0 bridgehead atoms. The van der Waals surface area contributed by atoms with Gasteiger partial charge < -0.3 is 10.6 Å². The average Bonchev–Trinajstić information content (AvgIpc) is 2.95. The highest BCUT2D eigenvalue weighted by atomic mass is 16.2. The molecule has 0 saturated carbocycles. The van der Waals surface area contributed by atoms with Gasteiger partial charge in [0.15, 0.2) is 0 Å². The third kappa shape index (κ3) is 4.13. The number of benzene rings is 1. The predicted molar refractivity (Wildman–Crippen MR) is 104 cm³/mol. The van der Waals surface area contributed by atoms with Crippen molar-refractivity contribution in [3.05, 3.63) is 42.0 Å². The summed E-state index contributed by atoms with van der Waals surface area (Å²) < 4.78 is 0. The molecule has 0 aromatic heterocycles. The summed E-state index contributed by atoms with van der Waals surface area (Å²) in [4.78, 5) is 50.7. The van der Waals surface area contributed by atoms with Gasteiger partial charge in [0, 0.05) is 19.5 Å². The van der Waals surface area contributed by atoms with Gasteiger partial charge in [-0.15, -0.1) is 0 Å². The van der Waals surface area contributed by atoms with Gasteiger partial charge in [0.2, 0.25) is 17.7 Å². The Hall–Kier alpha value is -2.96. The number of nitrogens with zero attached hydrogens (tertiary/aromatic N) is 1. The van der Waals surface area contributed by atoms with Crippen molar-refractivity contribution in [2.24, 2.45) is 11.8 Å². The molecule has 7 heteroatoms. The minimum Gasteiger partial charge on any atom is -0.352 e. The van der Waals surface area contributed by atoms with Crippen LogP contribution >= 0.6 is 0 Å². The zero-order chi connectivity index (χ0) is 20.1. The molecule has 0 radical (unpaired) electrons. The number of fused-ring (bicyclic) bond motifs is 1. The summed E-state index contributed by atoms with van der Waals surface area (Å²) in [5, 5.41) is 5.51. The van der Waals surface area contributed by atoms with E-state index in [0.29, 0.717) is 30.6 Å². The average molecular weight is 383 g/mol. The second-order valence-electron chi connectivity index (χ2n) is 7.08. The molecular formula is C21H25N3O4. The maximum absolute atomic E-state index is 12.5. The van der Waals surface area contributed by atoms with Crippen LogP contribution < -0.4 is 10.6 Å². The molecule has 3 rings (SSSR count). The number of anilines is 1. The summed E-state index contributed by atoms with van der Waals surface area (Å²) in [7, 11) is 0. The van der Waals surface area contributed by atoms with Crippen LogP contribution in [0, 0.1) is 11.8 Å². The molecule has 148 valence electrons. The molecule has 1 aliphatic carbocycles. The van der Waals surface area contributed by atoms with Crippen LogP contribution in [0.1, 0.15) is 43.0 Å². The molecule has 28 heavy (non-hydrogen) atoms. The first kappa shape index (κ1) is 19.8. The normalized spacial score (nSPS) is 20.8. The highest BCUT2D eigenvalue weighted by molar-refractivity contribution is 6.06. The summed E-state index contributed by atoms with van der Waals surface area (Å²) in [6.45, 7) is 2.57. The SMILES string of the molecule is CCCNC(=O)c1ccccc1NC(=O)CCN1C(=O)[C@@H]2CC=CC[C@H]2C1=O. The van der Waals surface area contributed by atoms with Gasteiger partial charge >= 0.3 is 0 Å². The molecular weight excluding hydrogens is 358 g/mol. The van der Waals surface area contributed by atoms with Crippen LogP contribution in [0.4, 0.5) is 5.69 Å². The number of rotatable bonds is 7. The van der Waals surface area contributed by atoms with Gasteiger partial charge in [-0.2, -0.15) is 0 Å². The molecule has 2 N–H and O–H groups in total. The van der Waals surface area contributed by atoms with Crippen LogP contribution in [0.15, 0.2) is 36.4 Å². The monoisotopic (exact) mass is 383 g/mol. The molecule has 0 spiro atoms. The lowest BCUT2D eigenvalue weighted by Crippen LogP contribution is -2.34. The first-order valence-corrected chi connectivity index (χ1v) is 9.70. The number of likely N-dealkylation sites (tertiary alicyclic amines) is 1. The van der Waals surface area contributed by atoms with Crippen molar-refractivity contribution in [2.75, 3.05) is 18.4 Å². The van der Waals surface area contributed by atoms with E-state index in [2.05, 4.69) is 10.6 Å². The molecule has 2 aliphatic rings. The maximum Gasteiger partial charge on any atom is 0.253 e. The number of para-hydroxylation sites is 1. The Morgan fingerprint density at radius 1 is 1.07 bits per heavy atom. The first-order chi connectivity index (χ1) is 13.5. The largest absolute Gasteiger partial charge is 0.352 e. The summed E-state index contributed by atoms with van der Waals surface area (Å²) in [6.07, 6.45) is 5.84. The van der Waals surface area contributed by atoms with E-state index < -0.39 is 0 Å². The smallest absolute Gasteiger partial charge is 0.253 e. The topological polar surface area (TPSA) is 95.6 Å². The van der Waals surface area contributed by atoms with Crippen molar-refractivity contribution in [1.82, 2.24) is 10.2 Å². The molecule has 1 aromatic rings. The van der Waals surface area contributed by atoms with E-state index in [9.17, 15) is 19.2 Å². The van der Waals surface area contributed by atoms with Crippen molar-refractivity contribution in [2.45, 2.75) is 32.6 Å². The zero-order valence-electron chi connectivity index (χ0n) is 15.9. The fourth-order valence-electron chi connectivity index (χ4n) is 3.64. The molecule has 2 atom stereocenters. The van der Waals surface area contributed by atoms with Crippen LogP contribution in [0.5, 0.6) is 0 Å². The van der Waals surface area contributed by atoms with E-state index in [1.807, 2.05) is 19.1 Å². The maximum atomic E-state index is 12.5. The fraction of sp³-hybridized carbons (Fsp3) is 0.429. The number of carbonyl (C=O) groups excluding carboxylic acids is 4. The van der Waals surface area contributed by atoms with E-state index in [4.69, 9.17) is 0 Å². The number of carbonyl (C=O) groups is 4. The second-order valence-corrected chi connectivity index (χ2v) is 7.08.